The van der Waals surface area contributed by atoms with Gasteiger partial charge in [-0.15, -0.1) is 0 Å². The molecule has 2 heterocycles. The Hall–Kier alpha value is -2.10. The zero-order chi connectivity index (χ0) is 12.4. The maximum Gasteiger partial charge on any atom is 0.352 e. The molecule has 0 bridgehead atoms. The molecule has 88 valence electrons. The van der Waals surface area contributed by atoms with Crippen LogP contribution in [0.1, 0.15) is 27.2 Å². The van der Waals surface area contributed by atoms with Crippen LogP contribution in [-0.4, -0.2) is 20.6 Å². The molecule has 0 atom stereocenters. The van der Waals surface area contributed by atoms with Gasteiger partial charge in [0.15, 0.2) is 0 Å². The molecule has 2 rings (SSSR count). The van der Waals surface area contributed by atoms with Gasteiger partial charge in [0, 0.05) is 25.1 Å². The van der Waals surface area contributed by atoms with Crippen LogP contribution in [0.15, 0.2) is 30.7 Å². The molecule has 0 aliphatic rings. The number of hydrogen-bond donors (Lipinski definition) is 1. The van der Waals surface area contributed by atoms with Crippen LogP contribution in [0.25, 0.3) is 0 Å². The molecule has 0 aliphatic heterocycles. The molecule has 0 unspecified atom stereocenters. The second-order valence-corrected chi connectivity index (χ2v) is 4.15. The number of carboxylic acid groups (broad SMARTS) is 1. The third-order valence-corrected chi connectivity index (χ3v) is 2.65. The Morgan fingerprint density at radius 1 is 1.41 bits per heavy atom. The topological polar surface area (TPSA) is 55.1 Å². The number of carboxylic acids is 1. The van der Waals surface area contributed by atoms with Crippen molar-refractivity contribution in [1.82, 2.24) is 9.55 Å². The molecule has 17 heavy (non-hydrogen) atoms. The van der Waals surface area contributed by atoms with Gasteiger partial charge in [0.1, 0.15) is 5.69 Å². The van der Waals surface area contributed by atoms with E-state index in [1.807, 2.05) is 19.1 Å². The van der Waals surface area contributed by atoms with Gasteiger partial charge in [0.05, 0.1) is 0 Å². The Balaban J connectivity index is 2.33. The van der Waals surface area contributed by atoms with E-state index in [1.54, 1.807) is 30.1 Å². The molecule has 4 heteroatoms. The van der Waals surface area contributed by atoms with Crippen LogP contribution in [0.4, 0.5) is 0 Å². The Kier molecular flexibility index (Phi) is 2.95. The van der Waals surface area contributed by atoms with Crippen molar-refractivity contribution in [3.8, 4) is 0 Å². The van der Waals surface area contributed by atoms with E-state index >= 15 is 0 Å². The van der Waals surface area contributed by atoms with Crippen LogP contribution in [0.3, 0.4) is 0 Å². The fraction of sp³-hybridized carbons (Fsp3) is 0.231. The summed E-state index contributed by atoms with van der Waals surface area (Å²) in [6.45, 7) is 4.30. The standard InChI is InChI=1S/C13H14N2O2/c1-9-5-11(7-14-6-9)8-15-4-3-10(2)12(15)13(16)17/h3-7H,8H2,1-2H3,(H,16,17). The van der Waals surface area contributed by atoms with E-state index in [0.717, 1.165) is 16.7 Å². The van der Waals surface area contributed by atoms with Crippen LogP contribution in [0, 0.1) is 13.8 Å². The third kappa shape index (κ3) is 2.36. The van der Waals surface area contributed by atoms with Crippen molar-refractivity contribution >= 4 is 5.97 Å². The van der Waals surface area contributed by atoms with Gasteiger partial charge in [-0.25, -0.2) is 4.79 Å². The average molecular weight is 230 g/mol. The highest BCUT2D eigenvalue weighted by Gasteiger charge is 2.13. The lowest BCUT2D eigenvalue weighted by molar-refractivity contribution is 0.0685. The molecule has 4 nitrogen and oxygen atoms in total. The lowest BCUT2D eigenvalue weighted by Gasteiger charge is -2.07. The predicted octanol–water partition coefficient (Wildman–Crippen LogP) is 2.25. The van der Waals surface area contributed by atoms with Gasteiger partial charge in [-0.2, -0.15) is 0 Å². The number of aromatic nitrogens is 2. The fourth-order valence-electron chi connectivity index (χ4n) is 1.91. The maximum atomic E-state index is 11.1. The average Bonchev–Trinajstić information content (AvgIpc) is 2.59. The molecular weight excluding hydrogens is 216 g/mol. The van der Waals surface area contributed by atoms with Crippen LogP contribution in [0.5, 0.6) is 0 Å². The lowest BCUT2D eigenvalue weighted by Crippen LogP contribution is -2.10. The molecule has 0 aliphatic carbocycles. The SMILES string of the molecule is Cc1cncc(Cn2ccc(C)c2C(=O)O)c1. The summed E-state index contributed by atoms with van der Waals surface area (Å²) in [5.74, 6) is -0.895. The lowest BCUT2D eigenvalue weighted by atomic mass is 10.2. The van der Waals surface area contributed by atoms with Crippen molar-refractivity contribution < 1.29 is 9.90 Å². The predicted molar refractivity (Wildman–Crippen MR) is 64.2 cm³/mol. The first-order chi connectivity index (χ1) is 8.08. The minimum absolute atomic E-state index is 0.339. The Morgan fingerprint density at radius 3 is 2.82 bits per heavy atom. The third-order valence-electron chi connectivity index (χ3n) is 2.65. The van der Waals surface area contributed by atoms with Gasteiger partial charge in [-0.1, -0.05) is 6.07 Å². The number of aryl methyl sites for hydroxylation is 2. The van der Waals surface area contributed by atoms with Crippen molar-refractivity contribution in [3.63, 3.8) is 0 Å². The molecule has 0 saturated carbocycles. The van der Waals surface area contributed by atoms with Crippen molar-refractivity contribution in [2.24, 2.45) is 0 Å². The maximum absolute atomic E-state index is 11.1. The molecular formula is C13H14N2O2. The van der Waals surface area contributed by atoms with E-state index in [4.69, 9.17) is 5.11 Å². The number of nitrogens with zero attached hydrogens (tertiary/aromatic N) is 2. The zero-order valence-electron chi connectivity index (χ0n) is 9.84. The van der Waals surface area contributed by atoms with Gasteiger partial charge in [-0.3, -0.25) is 4.98 Å². The van der Waals surface area contributed by atoms with Gasteiger partial charge >= 0.3 is 5.97 Å². The highest BCUT2D eigenvalue weighted by atomic mass is 16.4. The first-order valence-corrected chi connectivity index (χ1v) is 5.37. The summed E-state index contributed by atoms with van der Waals surface area (Å²) in [7, 11) is 0. The zero-order valence-corrected chi connectivity index (χ0v) is 9.84. The van der Waals surface area contributed by atoms with Crippen LogP contribution in [0.2, 0.25) is 0 Å². The Morgan fingerprint density at radius 2 is 2.18 bits per heavy atom. The van der Waals surface area contributed by atoms with Crippen molar-refractivity contribution in [3.05, 3.63) is 53.1 Å². The molecule has 1 N–H and O–H groups in total. The number of carbonyl (C=O) groups is 1. The smallest absolute Gasteiger partial charge is 0.352 e. The van der Waals surface area contributed by atoms with Gasteiger partial charge < -0.3 is 9.67 Å². The largest absolute Gasteiger partial charge is 0.477 e. The van der Waals surface area contributed by atoms with Crippen molar-refractivity contribution in [2.75, 3.05) is 0 Å². The second kappa shape index (κ2) is 4.41. The normalized spacial score (nSPS) is 10.5. The summed E-state index contributed by atoms with van der Waals surface area (Å²) < 4.78 is 1.73. The summed E-state index contributed by atoms with van der Waals surface area (Å²) in [4.78, 5) is 15.2. The number of pyridine rings is 1. The van der Waals surface area contributed by atoms with E-state index in [2.05, 4.69) is 4.98 Å². The Bertz CT molecular complexity index is 558. The molecule has 0 aromatic carbocycles. The van der Waals surface area contributed by atoms with E-state index in [-0.39, 0.29) is 0 Å². The van der Waals surface area contributed by atoms with E-state index in [1.165, 1.54) is 0 Å². The van der Waals surface area contributed by atoms with Gasteiger partial charge in [-0.05, 0) is 36.6 Å². The molecule has 0 radical (unpaired) electrons. The van der Waals surface area contributed by atoms with E-state index < -0.39 is 5.97 Å². The monoisotopic (exact) mass is 230 g/mol. The highest BCUT2D eigenvalue weighted by molar-refractivity contribution is 5.87. The number of hydrogen-bond acceptors (Lipinski definition) is 2. The Labute approximate surface area is 99.5 Å². The first kappa shape index (κ1) is 11.4. The summed E-state index contributed by atoms with van der Waals surface area (Å²) in [5, 5.41) is 9.13. The quantitative estimate of drug-likeness (QED) is 0.879. The van der Waals surface area contributed by atoms with Crippen LogP contribution in [-0.2, 0) is 6.54 Å². The molecule has 0 saturated heterocycles. The second-order valence-electron chi connectivity index (χ2n) is 4.15. The van der Waals surface area contributed by atoms with E-state index in [9.17, 15) is 4.79 Å². The first-order valence-electron chi connectivity index (χ1n) is 5.37. The van der Waals surface area contributed by atoms with Gasteiger partial charge in [0.25, 0.3) is 0 Å². The van der Waals surface area contributed by atoms with Crippen molar-refractivity contribution in [1.29, 1.82) is 0 Å². The minimum Gasteiger partial charge on any atom is -0.477 e. The summed E-state index contributed by atoms with van der Waals surface area (Å²) >= 11 is 0. The number of rotatable bonds is 3. The van der Waals surface area contributed by atoms with Crippen LogP contribution < -0.4 is 0 Å². The van der Waals surface area contributed by atoms with Gasteiger partial charge in [0.2, 0.25) is 0 Å². The summed E-state index contributed by atoms with van der Waals surface area (Å²) in [6, 6.07) is 3.82. The van der Waals surface area contributed by atoms with Crippen LogP contribution >= 0.6 is 0 Å². The van der Waals surface area contributed by atoms with E-state index in [0.29, 0.717) is 12.2 Å². The highest BCUT2D eigenvalue weighted by Crippen LogP contribution is 2.13. The fourth-order valence-corrected chi connectivity index (χ4v) is 1.91. The molecule has 2 aromatic rings. The summed E-state index contributed by atoms with van der Waals surface area (Å²) in [5.41, 5.74) is 3.19. The number of aromatic carboxylic acids is 1. The molecule has 0 fully saturated rings. The molecule has 0 spiro atoms. The molecule has 2 aromatic heterocycles. The summed E-state index contributed by atoms with van der Waals surface area (Å²) in [6.07, 6.45) is 5.33. The molecule has 0 amide bonds. The minimum atomic E-state index is -0.895. The van der Waals surface area contributed by atoms with Crippen molar-refractivity contribution in [2.45, 2.75) is 20.4 Å².